The minimum Gasteiger partial charge on any atom is -0.462 e. The number of likely N-dealkylation sites (tertiary alicyclic amines) is 1. The third-order valence-electron chi connectivity index (χ3n) is 3.55. The van der Waals surface area contributed by atoms with Gasteiger partial charge in [-0.2, -0.15) is 13.2 Å². The maximum Gasteiger partial charge on any atom is 0.416 e. The van der Waals surface area contributed by atoms with E-state index in [0.717, 1.165) is 18.2 Å². The van der Waals surface area contributed by atoms with Gasteiger partial charge >= 0.3 is 12.1 Å². The molecule has 1 amide bonds. The molecule has 0 aromatic heterocycles. The number of rotatable bonds is 4. The quantitative estimate of drug-likeness (QED) is 0.803. The molecule has 0 spiro atoms. The first-order valence-electron chi connectivity index (χ1n) is 6.93. The summed E-state index contributed by atoms with van der Waals surface area (Å²) in [6.07, 6.45) is -4.21. The Kier molecular flexibility index (Phi) is 4.73. The number of nitrogens with zero attached hydrogens (tertiary/aromatic N) is 1. The summed E-state index contributed by atoms with van der Waals surface area (Å²) in [5.74, 6) is -0.918. The first kappa shape index (κ1) is 16.3. The molecule has 1 fully saturated rings. The summed E-state index contributed by atoms with van der Waals surface area (Å²) in [4.78, 5) is 25.0. The molecule has 2 rings (SSSR count). The van der Waals surface area contributed by atoms with Crippen molar-refractivity contribution in [3.8, 4) is 0 Å². The van der Waals surface area contributed by atoms with Gasteiger partial charge in [-0.3, -0.25) is 4.79 Å². The molecule has 1 aliphatic rings. The molecule has 1 heterocycles. The predicted octanol–water partition coefficient (Wildman–Crippen LogP) is 2.73. The molecule has 1 unspecified atom stereocenters. The lowest BCUT2D eigenvalue weighted by molar-refractivity contribution is -0.137. The molecule has 1 aliphatic heterocycles. The van der Waals surface area contributed by atoms with Gasteiger partial charge in [-0.25, -0.2) is 4.79 Å². The number of halogens is 3. The van der Waals surface area contributed by atoms with E-state index in [4.69, 9.17) is 4.74 Å². The van der Waals surface area contributed by atoms with Crippen LogP contribution in [-0.4, -0.2) is 36.5 Å². The molecular formula is C15H16F3NO3. The first-order valence-corrected chi connectivity index (χ1v) is 6.93. The molecule has 0 N–H and O–H groups in total. The average molecular weight is 315 g/mol. The van der Waals surface area contributed by atoms with E-state index < -0.39 is 17.7 Å². The van der Waals surface area contributed by atoms with Gasteiger partial charge in [0.25, 0.3) is 0 Å². The summed E-state index contributed by atoms with van der Waals surface area (Å²) in [6.45, 7) is 2.98. The molecule has 1 saturated heterocycles. The lowest BCUT2D eigenvalue weighted by atomic mass is 10.1. The summed E-state index contributed by atoms with van der Waals surface area (Å²) < 4.78 is 42.8. The van der Waals surface area contributed by atoms with E-state index in [1.54, 1.807) is 4.90 Å². The Balaban J connectivity index is 1.95. The number of carbonyl (C=O) groups excluding carboxylic acids is 2. The van der Waals surface area contributed by atoms with Gasteiger partial charge in [-0.1, -0.05) is 6.07 Å². The summed E-state index contributed by atoms with van der Waals surface area (Å²) in [5, 5.41) is 0. The highest BCUT2D eigenvalue weighted by Crippen LogP contribution is 2.29. The molecular weight excluding hydrogens is 299 g/mol. The predicted molar refractivity (Wildman–Crippen MR) is 72.1 cm³/mol. The van der Waals surface area contributed by atoms with Gasteiger partial charge in [0.15, 0.2) is 0 Å². The molecule has 7 heteroatoms. The first-order chi connectivity index (χ1) is 10.3. The van der Waals surface area contributed by atoms with Gasteiger partial charge in [-0.15, -0.1) is 0 Å². The van der Waals surface area contributed by atoms with Gasteiger partial charge in [0.2, 0.25) is 5.91 Å². The second-order valence-electron chi connectivity index (χ2n) is 5.18. The maximum atomic E-state index is 12.6. The SMILES string of the molecule is CCN1CC(COC(=O)c2cccc(C(F)(F)F)c2)CC1=O. The zero-order chi connectivity index (χ0) is 16.3. The number of carbonyl (C=O) groups is 2. The highest BCUT2D eigenvalue weighted by molar-refractivity contribution is 5.89. The van der Waals surface area contributed by atoms with Crippen LogP contribution in [0.25, 0.3) is 0 Å². The Morgan fingerprint density at radius 1 is 1.41 bits per heavy atom. The Bertz CT molecular complexity index is 571. The van der Waals surface area contributed by atoms with Crippen molar-refractivity contribution in [1.29, 1.82) is 0 Å². The highest BCUT2D eigenvalue weighted by Gasteiger charge is 2.32. The van der Waals surface area contributed by atoms with Gasteiger partial charge in [-0.05, 0) is 25.1 Å². The van der Waals surface area contributed by atoms with Crippen LogP contribution in [-0.2, 0) is 15.7 Å². The minimum absolute atomic E-state index is 0.00242. The number of ether oxygens (including phenoxy) is 1. The molecule has 0 aliphatic carbocycles. The molecule has 0 radical (unpaired) electrons. The molecule has 1 aromatic rings. The lowest BCUT2D eigenvalue weighted by Gasteiger charge is -2.14. The van der Waals surface area contributed by atoms with Crippen molar-refractivity contribution in [2.24, 2.45) is 5.92 Å². The van der Waals surface area contributed by atoms with Crippen molar-refractivity contribution < 1.29 is 27.5 Å². The van der Waals surface area contributed by atoms with Crippen LogP contribution >= 0.6 is 0 Å². The van der Waals surface area contributed by atoms with Crippen LogP contribution in [0.15, 0.2) is 24.3 Å². The normalized spacial score (nSPS) is 18.6. The lowest BCUT2D eigenvalue weighted by Crippen LogP contribution is -2.25. The standard InChI is InChI=1S/C15H16F3NO3/c1-2-19-8-10(6-13(19)20)9-22-14(21)11-4-3-5-12(7-11)15(16,17)18/h3-5,7,10H,2,6,8-9H2,1H3. The van der Waals surface area contributed by atoms with Crippen molar-refractivity contribution in [3.05, 3.63) is 35.4 Å². The van der Waals surface area contributed by atoms with Crippen LogP contribution in [0.2, 0.25) is 0 Å². The number of esters is 1. The van der Waals surface area contributed by atoms with Crippen molar-refractivity contribution in [3.63, 3.8) is 0 Å². The van der Waals surface area contributed by atoms with Crippen LogP contribution in [0.3, 0.4) is 0 Å². The smallest absolute Gasteiger partial charge is 0.416 e. The third-order valence-corrected chi connectivity index (χ3v) is 3.55. The van der Waals surface area contributed by atoms with Crippen molar-refractivity contribution in [2.75, 3.05) is 19.7 Å². The average Bonchev–Trinajstić information content (AvgIpc) is 2.84. The van der Waals surface area contributed by atoms with E-state index in [1.165, 1.54) is 6.07 Å². The Labute approximate surface area is 125 Å². The number of hydrogen-bond acceptors (Lipinski definition) is 3. The molecule has 4 nitrogen and oxygen atoms in total. The number of hydrogen-bond donors (Lipinski definition) is 0. The molecule has 120 valence electrons. The van der Waals surface area contributed by atoms with Crippen LogP contribution in [0, 0.1) is 5.92 Å². The monoisotopic (exact) mass is 315 g/mol. The van der Waals surface area contributed by atoms with E-state index in [9.17, 15) is 22.8 Å². The van der Waals surface area contributed by atoms with E-state index >= 15 is 0 Å². The van der Waals surface area contributed by atoms with Crippen LogP contribution in [0.4, 0.5) is 13.2 Å². The fourth-order valence-corrected chi connectivity index (χ4v) is 2.37. The summed E-state index contributed by atoms with van der Waals surface area (Å²) in [5.41, 5.74) is -1.04. The van der Waals surface area contributed by atoms with Gasteiger partial charge < -0.3 is 9.64 Å². The number of benzene rings is 1. The van der Waals surface area contributed by atoms with Crippen molar-refractivity contribution >= 4 is 11.9 Å². The van der Waals surface area contributed by atoms with E-state index in [0.29, 0.717) is 19.5 Å². The third kappa shape index (κ3) is 3.78. The molecule has 0 saturated carbocycles. The zero-order valence-corrected chi connectivity index (χ0v) is 12.0. The minimum atomic E-state index is -4.50. The number of alkyl halides is 3. The van der Waals surface area contributed by atoms with Crippen LogP contribution in [0.5, 0.6) is 0 Å². The van der Waals surface area contributed by atoms with Crippen LogP contribution < -0.4 is 0 Å². The second-order valence-corrected chi connectivity index (χ2v) is 5.18. The highest BCUT2D eigenvalue weighted by atomic mass is 19.4. The Hall–Kier alpha value is -2.05. The van der Waals surface area contributed by atoms with E-state index in [-0.39, 0.29) is 24.0 Å². The molecule has 0 bridgehead atoms. The molecule has 1 aromatic carbocycles. The van der Waals surface area contributed by atoms with E-state index in [2.05, 4.69) is 0 Å². The topological polar surface area (TPSA) is 46.6 Å². The Morgan fingerprint density at radius 2 is 2.14 bits per heavy atom. The fraction of sp³-hybridized carbons (Fsp3) is 0.467. The van der Waals surface area contributed by atoms with Crippen molar-refractivity contribution in [1.82, 2.24) is 4.90 Å². The van der Waals surface area contributed by atoms with Crippen LogP contribution in [0.1, 0.15) is 29.3 Å². The summed E-state index contributed by atoms with van der Waals surface area (Å²) in [6, 6.07) is 4.10. The summed E-state index contributed by atoms with van der Waals surface area (Å²) >= 11 is 0. The largest absolute Gasteiger partial charge is 0.462 e. The zero-order valence-electron chi connectivity index (χ0n) is 12.0. The number of amides is 1. The summed E-state index contributed by atoms with van der Waals surface area (Å²) in [7, 11) is 0. The van der Waals surface area contributed by atoms with Gasteiger partial charge in [0, 0.05) is 25.4 Å². The second kappa shape index (κ2) is 6.37. The van der Waals surface area contributed by atoms with Crippen molar-refractivity contribution in [2.45, 2.75) is 19.5 Å². The van der Waals surface area contributed by atoms with E-state index in [1.807, 2.05) is 6.92 Å². The Morgan fingerprint density at radius 3 is 2.73 bits per heavy atom. The molecule has 22 heavy (non-hydrogen) atoms. The van der Waals surface area contributed by atoms with Gasteiger partial charge in [0.05, 0.1) is 17.7 Å². The maximum absolute atomic E-state index is 12.6. The fourth-order valence-electron chi connectivity index (χ4n) is 2.37. The van der Waals surface area contributed by atoms with Gasteiger partial charge in [0.1, 0.15) is 0 Å². The molecule has 1 atom stereocenters.